The monoisotopic (exact) mass is 1480 g/mol. The third-order valence-electron chi connectivity index (χ3n) is 22.1. The average Bonchev–Trinajstić information content (AvgIpc) is 1.67. The molecule has 16 aromatic rings. The SMILES string of the molecule is CCc1ccc2c(n1)oc1c(-c3cc(CC(C)C)cc[n+]3C)c(C)ccc12.Cc1ccc2c(n1)oc1c(-c3cc(CC(C)C)cc[n+]3C)c(C)ccc12.Cc1ccc2c(oc3nc(C4CCCCC4)ccc32)c1-c1ccc(CC(C)(C)C)c[n+]1C.[2H]C([2H])([2H])c1c[n+](C)c(-c2c(C)ccc3c2oc2nc(C)ccc23)cc1C([2H])(C)C. The molecule has 0 aliphatic heterocycles. The van der Waals surface area contributed by atoms with E-state index in [1.54, 1.807) is 20.0 Å². The van der Waals surface area contributed by atoms with Crippen molar-refractivity contribution in [2.45, 2.75) is 187 Å². The zero-order valence-electron chi connectivity index (χ0n) is 72.9. The summed E-state index contributed by atoms with van der Waals surface area (Å²) < 4.78 is 66.1. The Hall–Kier alpha value is -10.7. The van der Waals surface area contributed by atoms with Crippen LogP contribution in [0.2, 0.25) is 0 Å². The number of pyridine rings is 8. The number of furan rings is 4. The second-order valence-electron chi connectivity index (χ2n) is 33.6. The van der Waals surface area contributed by atoms with Crippen molar-refractivity contribution in [3.8, 4) is 45.0 Å². The third-order valence-corrected chi connectivity index (χ3v) is 22.1. The molecular formula is C99H112N8O4+4. The molecule has 12 heteroatoms. The summed E-state index contributed by atoms with van der Waals surface area (Å²) in [7, 11) is 8.16. The number of benzene rings is 4. The summed E-state index contributed by atoms with van der Waals surface area (Å²) in [4.78, 5) is 18.8. The molecule has 1 aliphatic rings. The second-order valence-corrected chi connectivity index (χ2v) is 33.6. The third kappa shape index (κ3) is 15.9. The van der Waals surface area contributed by atoms with Crippen LogP contribution in [0.15, 0.2) is 182 Å². The molecule has 12 nitrogen and oxygen atoms in total. The molecule has 12 heterocycles. The molecule has 12 aromatic heterocycles. The van der Waals surface area contributed by atoms with Crippen LogP contribution in [0.1, 0.15) is 191 Å². The molecule has 0 atom stereocenters. The van der Waals surface area contributed by atoms with E-state index in [9.17, 15) is 0 Å². The molecule has 0 radical (unpaired) electrons. The quantitative estimate of drug-likeness (QED) is 0.111. The molecule has 1 fully saturated rings. The summed E-state index contributed by atoms with van der Waals surface area (Å²) in [5, 5.41) is 8.61. The van der Waals surface area contributed by atoms with Crippen molar-refractivity contribution < 1.29 is 41.4 Å². The molecule has 0 amide bonds. The predicted molar refractivity (Wildman–Crippen MR) is 455 cm³/mol. The minimum Gasteiger partial charge on any atom is -0.437 e. The van der Waals surface area contributed by atoms with Gasteiger partial charge in [0.1, 0.15) is 28.2 Å². The Bertz CT molecular complexity index is 6390. The number of hydrogen-bond acceptors (Lipinski definition) is 8. The van der Waals surface area contributed by atoms with E-state index in [-0.39, 0.29) is 11.0 Å². The molecule has 568 valence electrons. The number of fused-ring (bicyclic) bond motifs is 12. The van der Waals surface area contributed by atoms with E-state index in [1.807, 2.05) is 68.8 Å². The maximum Gasteiger partial charge on any atom is 0.227 e. The van der Waals surface area contributed by atoms with Gasteiger partial charge < -0.3 is 17.7 Å². The first kappa shape index (κ1) is 71.9. The first-order chi connectivity index (χ1) is 54.6. The van der Waals surface area contributed by atoms with Crippen molar-refractivity contribution >= 4 is 88.3 Å². The van der Waals surface area contributed by atoms with Crippen LogP contribution in [0.3, 0.4) is 0 Å². The lowest BCUT2D eigenvalue weighted by molar-refractivity contribution is -0.660. The molecule has 0 unspecified atom stereocenters. The Kier molecular flexibility index (Phi) is 20.4. The number of nitrogens with zero attached hydrogens (tertiary/aromatic N) is 8. The van der Waals surface area contributed by atoms with Gasteiger partial charge in [-0.3, -0.25) is 0 Å². The highest BCUT2D eigenvalue weighted by Gasteiger charge is 2.29. The van der Waals surface area contributed by atoms with Crippen molar-refractivity contribution in [1.82, 2.24) is 19.9 Å². The molecule has 0 spiro atoms. The topological polar surface area (TPSA) is 120 Å². The predicted octanol–water partition coefficient (Wildman–Crippen LogP) is 23.8. The van der Waals surface area contributed by atoms with Crippen LogP contribution in [-0.4, -0.2) is 19.9 Å². The maximum atomic E-state index is 8.56. The van der Waals surface area contributed by atoms with E-state index < -0.39 is 12.7 Å². The fraction of sp³-hybridized carbons (Fsp3) is 0.354. The van der Waals surface area contributed by atoms with Crippen LogP contribution in [-0.2, 0) is 53.9 Å². The van der Waals surface area contributed by atoms with Crippen molar-refractivity contribution in [2.24, 2.45) is 45.4 Å². The lowest BCUT2D eigenvalue weighted by atomic mass is 9.86. The summed E-state index contributed by atoms with van der Waals surface area (Å²) in [6.07, 6.45) is 18.8. The smallest absolute Gasteiger partial charge is 0.227 e. The van der Waals surface area contributed by atoms with Crippen LogP contribution in [0.5, 0.6) is 0 Å². The first-order valence-corrected chi connectivity index (χ1v) is 39.8. The molecule has 17 rings (SSSR count). The van der Waals surface area contributed by atoms with E-state index in [1.165, 1.54) is 93.8 Å². The number of rotatable bonds is 12. The van der Waals surface area contributed by atoms with Gasteiger partial charge in [0.15, 0.2) is 47.1 Å². The summed E-state index contributed by atoms with van der Waals surface area (Å²) in [6, 6.07) is 49.3. The number of aromatic nitrogens is 8. The molecule has 0 bridgehead atoms. The fourth-order valence-corrected chi connectivity index (χ4v) is 16.5. The highest BCUT2D eigenvalue weighted by atomic mass is 16.4. The lowest BCUT2D eigenvalue weighted by Gasteiger charge is -2.20. The lowest BCUT2D eigenvalue weighted by Crippen LogP contribution is -2.32. The number of hydrogen-bond donors (Lipinski definition) is 0. The Labute approximate surface area is 660 Å². The molecule has 1 saturated carbocycles. The van der Waals surface area contributed by atoms with E-state index in [4.69, 9.17) is 33.1 Å². The second kappa shape index (κ2) is 31.6. The van der Waals surface area contributed by atoms with E-state index in [0.717, 1.165) is 142 Å². The molecule has 0 saturated heterocycles. The van der Waals surface area contributed by atoms with Gasteiger partial charge in [0, 0.05) is 125 Å². The van der Waals surface area contributed by atoms with Gasteiger partial charge in [0.2, 0.25) is 45.6 Å². The van der Waals surface area contributed by atoms with Gasteiger partial charge in [0.05, 0.1) is 22.3 Å². The minimum absolute atomic E-state index is 0.195. The van der Waals surface area contributed by atoms with Crippen molar-refractivity contribution in [1.29, 1.82) is 0 Å². The van der Waals surface area contributed by atoms with E-state index in [2.05, 4.69) is 243 Å². The summed E-state index contributed by atoms with van der Waals surface area (Å²) in [6.45, 7) is 31.5. The van der Waals surface area contributed by atoms with Crippen LogP contribution in [0.25, 0.3) is 133 Å². The Balaban J connectivity index is 0.000000127. The molecule has 111 heavy (non-hydrogen) atoms. The van der Waals surface area contributed by atoms with Crippen LogP contribution in [0, 0.1) is 65.6 Å². The minimum atomic E-state index is -2.30. The Morgan fingerprint density at radius 3 is 1.25 bits per heavy atom. The standard InChI is InChI=1S/C29H35N2O.C24H27N2O.2C23H25N2O/c1-19-11-13-22-23-14-15-24(21-9-7-6-8-10-21)30-28(23)32-27(22)26(19)25-16-12-20(18-31(25)5)17-29(2,3)4;1-6-18-8-10-20-19-9-7-16(4)22(23(19)27-24(20)25-18)21-14-17(13-15(2)3)11-12-26(21)5;1-13(2)19-11-20(25(6)12-15(19)4)21-14(3)7-9-17-18-10-8-16(5)24-23(18)26-22(17)21;1-14(2)12-17-10-11-25(5)20(13-17)21-15(3)6-8-18-19-9-7-16(4)24-23(19)26-22(18)21/h11-16,18,21H,6-10,17H2,1-5H3;7-12,14-15H,6,13H2,1-5H3;7-13H,1-6H3;6-11,13-14H,12H2,1-5H3/q4*+1/i;;4D3,13D;. The Morgan fingerprint density at radius 2 is 0.829 bits per heavy atom. The van der Waals surface area contributed by atoms with Gasteiger partial charge in [-0.1, -0.05) is 137 Å². The largest absolute Gasteiger partial charge is 0.437 e. The highest BCUT2D eigenvalue weighted by Crippen LogP contribution is 2.43. The molecular weight excluding hydrogens is 1370 g/mol. The maximum absolute atomic E-state index is 8.56. The molecule has 1 aliphatic carbocycles. The zero-order chi connectivity index (χ0) is 82.0. The van der Waals surface area contributed by atoms with Crippen LogP contribution in [0.4, 0.5) is 0 Å². The van der Waals surface area contributed by atoms with Crippen molar-refractivity contribution in [3.63, 3.8) is 0 Å². The van der Waals surface area contributed by atoms with Gasteiger partial charge in [-0.05, 0) is 204 Å². The zero-order valence-corrected chi connectivity index (χ0v) is 68.9. The summed E-state index contributed by atoms with van der Waals surface area (Å²) >= 11 is 0. The normalized spacial score (nSPS) is 13.6. The molecule has 0 N–H and O–H groups in total. The van der Waals surface area contributed by atoms with Crippen molar-refractivity contribution in [2.75, 3.05) is 0 Å². The first-order valence-electron chi connectivity index (χ1n) is 41.8. The van der Waals surface area contributed by atoms with Crippen LogP contribution >= 0.6 is 0 Å². The van der Waals surface area contributed by atoms with Gasteiger partial charge in [-0.2, -0.15) is 0 Å². The Morgan fingerprint density at radius 1 is 0.423 bits per heavy atom. The van der Waals surface area contributed by atoms with E-state index >= 15 is 0 Å². The van der Waals surface area contributed by atoms with E-state index in [0.29, 0.717) is 40.3 Å². The van der Waals surface area contributed by atoms with Crippen molar-refractivity contribution in [3.05, 3.63) is 237 Å². The van der Waals surface area contributed by atoms with Gasteiger partial charge >= 0.3 is 0 Å². The van der Waals surface area contributed by atoms with Crippen LogP contribution < -0.4 is 18.3 Å². The van der Waals surface area contributed by atoms with Gasteiger partial charge in [0.25, 0.3) is 0 Å². The van der Waals surface area contributed by atoms with Gasteiger partial charge in [-0.25, -0.2) is 38.2 Å². The van der Waals surface area contributed by atoms with Gasteiger partial charge in [-0.15, -0.1) is 0 Å². The fourth-order valence-electron chi connectivity index (χ4n) is 16.5. The number of aryl methyl sites for hydroxylation is 12. The summed E-state index contributed by atoms with van der Waals surface area (Å²) in [5.41, 5.74) is 28.9. The summed E-state index contributed by atoms with van der Waals surface area (Å²) in [5.74, 6) is 0.771. The highest BCUT2D eigenvalue weighted by molar-refractivity contribution is 6.12. The molecule has 4 aromatic carbocycles. The average molecular weight is 1480 g/mol.